The molecule has 1 aliphatic heterocycles. The topological polar surface area (TPSA) is 71.6 Å². The van der Waals surface area contributed by atoms with Gasteiger partial charge in [-0.25, -0.2) is 4.99 Å². The van der Waals surface area contributed by atoms with Crippen LogP contribution in [-0.2, 0) is 10.3 Å². The molecule has 2 atom stereocenters. The number of pyridine rings is 1. The summed E-state index contributed by atoms with van der Waals surface area (Å²) in [5, 5.41) is 0. The molecule has 0 saturated heterocycles. The van der Waals surface area contributed by atoms with Gasteiger partial charge < -0.3 is 5.73 Å². The highest BCUT2D eigenvalue weighted by molar-refractivity contribution is 6.00. The summed E-state index contributed by atoms with van der Waals surface area (Å²) in [5.41, 5.74) is 9.15. The Bertz CT molecular complexity index is 1030. The SMILES string of the molecule is CC#Cc1cccc(-c2cc([C@@]3(C)N=C(N)N(C)C(=O)[C@@H]3C3CC3)ccn2)c1. The molecule has 0 bridgehead atoms. The van der Waals surface area contributed by atoms with Crippen molar-refractivity contribution >= 4 is 11.9 Å². The van der Waals surface area contributed by atoms with E-state index >= 15 is 0 Å². The van der Waals surface area contributed by atoms with Crippen LogP contribution in [0.5, 0.6) is 0 Å². The summed E-state index contributed by atoms with van der Waals surface area (Å²) in [4.78, 5) is 23.8. The number of benzene rings is 1. The second-order valence-electron chi connectivity index (χ2n) is 7.72. The van der Waals surface area contributed by atoms with Gasteiger partial charge in [0.05, 0.1) is 17.2 Å². The molecule has 1 aromatic heterocycles. The third-order valence-corrected chi connectivity index (χ3v) is 5.76. The molecule has 5 nitrogen and oxygen atoms in total. The van der Waals surface area contributed by atoms with Crippen LogP contribution in [0.25, 0.3) is 11.3 Å². The van der Waals surface area contributed by atoms with Gasteiger partial charge in [-0.3, -0.25) is 14.7 Å². The molecule has 2 aromatic rings. The van der Waals surface area contributed by atoms with Crippen molar-refractivity contribution in [1.29, 1.82) is 0 Å². The molecule has 28 heavy (non-hydrogen) atoms. The largest absolute Gasteiger partial charge is 0.369 e. The smallest absolute Gasteiger partial charge is 0.235 e. The Hall–Kier alpha value is -3.13. The quantitative estimate of drug-likeness (QED) is 0.842. The van der Waals surface area contributed by atoms with E-state index in [1.165, 1.54) is 4.90 Å². The molecule has 2 N–H and O–H groups in total. The van der Waals surface area contributed by atoms with Crippen molar-refractivity contribution in [1.82, 2.24) is 9.88 Å². The summed E-state index contributed by atoms with van der Waals surface area (Å²) >= 11 is 0. The second-order valence-corrected chi connectivity index (χ2v) is 7.72. The predicted molar refractivity (Wildman–Crippen MR) is 110 cm³/mol. The lowest BCUT2D eigenvalue weighted by Gasteiger charge is -2.41. The van der Waals surface area contributed by atoms with Gasteiger partial charge in [0.1, 0.15) is 0 Å². The average molecular weight is 372 g/mol. The molecule has 5 heteroatoms. The first-order valence-electron chi connectivity index (χ1n) is 9.56. The number of nitrogens with zero attached hydrogens (tertiary/aromatic N) is 3. The molecule has 2 heterocycles. The minimum atomic E-state index is -0.687. The number of rotatable bonds is 3. The van der Waals surface area contributed by atoms with Crippen LogP contribution in [0.2, 0.25) is 0 Å². The Labute approximate surface area is 165 Å². The van der Waals surface area contributed by atoms with Crippen molar-refractivity contribution in [3.63, 3.8) is 0 Å². The van der Waals surface area contributed by atoms with E-state index in [1.807, 2.05) is 50.2 Å². The first-order chi connectivity index (χ1) is 13.4. The van der Waals surface area contributed by atoms with E-state index in [9.17, 15) is 4.79 Å². The summed E-state index contributed by atoms with van der Waals surface area (Å²) < 4.78 is 0. The van der Waals surface area contributed by atoms with Crippen LogP contribution in [0.15, 0.2) is 47.6 Å². The number of aliphatic imine (C=N–C) groups is 1. The molecular weight excluding hydrogens is 348 g/mol. The Kier molecular flexibility index (Phi) is 4.43. The molecule has 0 spiro atoms. The lowest BCUT2D eigenvalue weighted by molar-refractivity contribution is -0.135. The zero-order valence-electron chi connectivity index (χ0n) is 16.4. The van der Waals surface area contributed by atoms with Crippen molar-refractivity contribution in [2.45, 2.75) is 32.2 Å². The van der Waals surface area contributed by atoms with Crippen molar-refractivity contribution in [2.24, 2.45) is 22.6 Å². The number of hydrogen-bond donors (Lipinski definition) is 1. The molecule has 2 aliphatic rings. The van der Waals surface area contributed by atoms with E-state index in [0.29, 0.717) is 5.92 Å². The number of amides is 1. The molecule has 1 amide bonds. The van der Waals surface area contributed by atoms with Crippen LogP contribution < -0.4 is 5.73 Å². The maximum absolute atomic E-state index is 13.0. The Balaban J connectivity index is 1.80. The number of carbonyl (C=O) groups excluding carboxylic acids is 1. The van der Waals surface area contributed by atoms with Gasteiger partial charge in [-0.1, -0.05) is 18.1 Å². The summed E-state index contributed by atoms with van der Waals surface area (Å²) in [6.07, 6.45) is 3.91. The van der Waals surface area contributed by atoms with E-state index in [-0.39, 0.29) is 17.8 Å². The van der Waals surface area contributed by atoms with E-state index in [1.54, 1.807) is 13.2 Å². The molecule has 142 valence electrons. The second kappa shape index (κ2) is 6.79. The first-order valence-corrected chi connectivity index (χ1v) is 9.56. The van der Waals surface area contributed by atoms with Crippen LogP contribution in [0.3, 0.4) is 0 Å². The zero-order chi connectivity index (χ0) is 19.9. The number of aromatic nitrogens is 1. The van der Waals surface area contributed by atoms with Crippen molar-refractivity contribution in [2.75, 3.05) is 7.05 Å². The number of guanidine groups is 1. The summed E-state index contributed by atoms with van der Waals surface area (Å²) in [5.74, 6) is 6.49. The van der Waals surface area contributed by atoms with E-state index in [2.05, 4.69) is 16.8 Å². The molecule has 1 fully saturated rings. The molecule has 1 aliphatic carbocycles. The monoisotopic (exact) mass is 372 g/mol. The number of hydrogen-bond acceptors (Lipinski definition) is 4. The van der Waals surface area contributed by atoms with Gasteiger partial charge in [0, 0.05) is 24.4 Å². The van der Waals surface area contributed by atoms with Crippen LogP contribution in [0.1, 0.15) is 37.8 Å². The Morgan fingerprint density at radius 2 is 2.04 bits per heavy atom. The molecule has 0 unspecified atom stereocenters. The number of carbonyl (C=O) groups is 1. The van der Waals surface area contributed by atoms with Crippen LogP contribution in [-0.4, -0.2) is 28.8 Å². The summed E-state index contributed by atoms with van der Waals surface area (Å²) in [6, 6.07) is 12.0. The van der Waals surface area contributed by atoms with E-state index < -0.39 is 5.54 Å². The molecule has 1 saturated carbocycles. The summed E-state index contributed by atoms with van der Waals surface area (Å²) in [6.45, 7) is 3.84. The minimum absolute atomic E-state index is 0.0519. The highest BCUT2D eigenvalue weighted by Gasteiger charge is 2.53. The van der Waals surface area contributed by atoms with Crippen LogP contribution in [0.4, 0.5) is 0 Å². The fraction of sp³-hybridized carbons (Fsp3) is 0.348. The maximum atomic E-state index is 13.0. The maximum Gasteiger partial charge on any atom is 0.235 e. The third kappa shape index (κ3) is 3.05. The number of nitrogens with two attached hydrogens (primary N) is 1. The van der Waals surface area contributed by atoms with Gasteiger partial charge in [-0.2, -0.15) is 0 Å². The average Bonchev–Trinajstić information content (AvgIpc) is 3.52. The van der Waals surface area contributed by atoms with Crippen molar-refractivity contribution in [3.8, 4) is 23.1 Å². The lowest BCUT2D eigenvalue weighted by Crippen LogP contribution is -2.54. The van der Waals surface area contributed by atoms with Gasteiger partial charge in [0.25, 0.3) is 0 Å². The normalized spacial score (nSPS) is 24.4. The lowest BCUT2D eigenvalue weighted by atomic mass is 9.75. The Morgan fingerprint density at radius 3 is 2.75 bits per heavy atom. The highest BCUT2D eigenvalue weighted by Crippen LogP contribution is 2.50. The minimum Gasteiger partial charge on any atom is -0.369 e. The molecule has 4 rings (SSSR count). The van der Waals surface area contributed by atoms with Gasteiger partial charge in [0.2, 0.25) is 5.91 Å². The first kappa shape index (κ1) is 18.2. The van der Waals surface area contributed by atoms with E-state index in [4.69, 9.17) is 10.7 Å². The predicted octanol–water partition coefficient (Wildman–Crippen LogP) is 3.15. The van der Waals surface area contributed by atoms with E-state index in [0.717, 1.165) is 35.2 Å². The van der Waals surface area contributed by atoms with Crippen molar-refractivity contribution < 1.29 is 4.79 Å². The fourth-order valence-electron chi connectivity index (χ4n) is 4.08. The molecular formula is C23H24N4O. The van der Waals surface area contributed by atoms with Crippen molar-refractivity contribution in [3.05, 3.63) is 53.7 Å². The highest BCUT2D eigenvalue weighted by atomic mass is 16.2. The zero-order valence-corrected chi connectivity index (χ0v) is 16.4. The standard InChI is InChI=1S/C23H24N4O/c1-4-6-15-7-5-8-17(13-15)19-14-18(11-12-25-19)23(2)20(16-9-10-16)21(28)27(3)22(24)26-23/h5,7-8,11-14,16,20H,9-10H2,1-3H3,(H2,24,26)/t20-,23+/m0/s1. The van der Waals surface area contributed by atoms with Gasteiger partial charge in [-0.05, 0) is 62.4 Å². The van der Waals surface area contributed by atoms with Gasteiger partial charge in [0.15, 0.2) is 5.96 Å². The molecule has 1 aromatic carbocycles. The van der Waals surface area contributed by atoms with Crippen LogP contribution in [0, 0.1) is 23.7 Å². The van der Waals surface area contributed by atoms with Gasteiger partial charge in [-0.15, -0.1) is 5.92 Å². The fourth-order valence-corrected chi connectivity index (χ4v) is 4.08. The van der Waals surface area contributed by atoms with Gasteiger partial charge >= 0.3 is 0 Å². The molecule has 0 radical (unpaired) electrons. The summed E-state index contributed by atoms with van der Waals surface area (Å²) in [7, 11) is 1.70. The Morgan fingerprint density at radius 1 is 1.25 bits per heavy atom. The third-order valence-electron chi connectivity index (χ3n) is 5.76. The van der Waals surface area contributed by atoms with Crippen LogP contribution >= 0.6 is 0 Å².